The summed E-state index contributed by atoms with van der Waals surface area (Å²) in [4.78, 5) is 1.33. The summed E-state index contributed by atoms with van der Waals surface area (Å²) in [6, 6.07) is 6.27. The number of rotatable bonds is 2. The second-order valence-corrected chi connectivity index (χ2v) is 5.16. The van der Waals surface area contributed by atoms with Gasteiger partial charge in [0.1, 0.15) is 5.75 Å². The van der Waals surface area contributed by atoms with Crippen LogP contribution in [0.4, 0.5) is 0 Å². The first-order valence-electron chi connectivity index (χ1n) is 4.71. The molecule has 0 amide bonds. The van der Waals surface area contributed by atoms with E-state index in [2.05, 4.69) is 39.2 Å². The average molecular weight is 210 g/mol. The fourth-order valence-corrected chi connectivity index (χ4v) is 2.19. The molecule has 0 spiro atoms. The lowest BCUT2D eigenvalue weighted by Crippen LogP contribution is -2.12. The Bertz CT molecular complexity index is 313. The lowest BCUT2D eigenvalue weighted by Gasteiger charge is -2.22. The quantitative estimate of drug-likeness (QED) is 0.688. The van der Waals surface area contributed by atoms with Gasteiger partial charge in [0.2, 0.25) is 0 Å². The van der Waals surface area contributed by atoms with Crippen LogP contribution in [0.1, 0.15) is 26.3 Å². The highest BCUT2D eigenvalue weighted by Crippen LogP contribution is 2.33. The number of ether oxygens (including phenoxy) is 1. The Balaban J connectivity index is 3.22. The van der Waals surface area contributed by atoms with Gasteiger partial charge in [-0.2, -0.15) is 0 Å². The summed E-state index contributed by atoms with van der Waals surface area (Å²) in [6.45, 7) is 6.67. The SMILES string of the molecule is COc1ccc(SC)c(C(C)(C)C)c1. The summed E-state index contributed by atoms with van der Waals surface area (Å²) in [6.07, 6.45) is 2.11. The molecule has 1 nitrogen and oxygen atoms in total. The van der Waals surface area contributed by atoms with E-state index in [1.807, 2.05) is 6.07 Å². The van der Waals surface area contributed by atoms with Crippen LogP contribution < -0.4 is 4.74 Å². The first-order chi connectivity index (χ1) is 6.49. The van der Waals surface area contributed by atoms with Crippen molar-refractivity contribution in [2.24, 2.45) is 0 Å². The minimum atomic E-state index is 0.173. The molecule has 0 saturated heterocycles. The van der Waals surface area contributed by atoms with E-state index < -0.39 is 0 Å². The van der Waals surface area contributed by atoms with Crippen LogP contribution in [0.25, 0.3) is 0 Å². The smallest absolute Gasteiger partial charge is 0.119 e. The Kier molecular flexibility index (Phi) is 3.48. The summed E-state index contributed by atoms with van der Waals surface area (Å²) in [5, 5.41) is 0. The normalized spacial score (nSPS) is 11.5. The summed E-state index contributed by atoms with van der Waals surface area (Å²) in [7, 11) is 1.71. The highest BCUT2D eigenvalue weighted by molar-refractivity contribution is 7.98. The van der Waals surface area contributed by atoms with Crippen molar-refractivity contribution in [1.82, 2.24) is 0 Å². The number of thioether (sulfide) groups is 1. The molecule has 0 heterocycles. The molecule has 0 aromatic heterocycles. The van der Waals surface area contributed by atoms with Crippen LogP contribution in [0.2, 0.25) is 0 Å². The summed E-state index contributed by atoms with van der Waals surface area (Å²) >= 11 is 1.79. The van der Waals surface area contributed by atoms with Crippen LogP contribution in [-0.4, -0.2) is 13.4 Å². The maximum Gasteiger partial charge on any atom is 0.119 e. The third-order valence-corrected chi connectivity index (χ3v) is 3.01. The summed E-state index contributed by atoms with van der Waals surface area (Å²) in [5.74, 6) is 0.938. The van der Waals surface area contributed by atoms with Crippen LogP contribution in [-0.2, 0) is 5.41 Å². The minimum Gasteiger partial charge on any atom is -0.497 e. The van der Waals surface area contributed by atoms with Crippen molar-refractivity contribution in [1.29, 1.82) is 0 Å². The summed E-state index contributed by atoms with van der Waals surface area (Å²) in [5.41, 5.74) is 1.52. The van der Waals surface area contributed by atoms with Gasteiger partial charge in [-0.05, 0) is 35.4 Å². The highest BCUT2D eigenvalue weighted by atomic mass is 32.2. The van der Waals surface area contributed by atoms with E-state index in [1.165, 1.54) is 10.5 Å². The van der Waals surface area contributed by atoms with E-state index in [4.69, 9.17) is 4.74 Å². The van der Waals surface area contributed by atoms with E-state index in [0.29, 0.717) is 0 Å². The molecule has 0 unspecified atom stereocenters. The molecule has 0 aliphatic carbocycles. The third-order valence-electron chi connectivity index (χ3n) is 2.21. The fourth-order valence-electron chi connectivity index (χ4n) is 1.40. The molecule has 0 atom stereocenters. The van der Waals surface area contributed by atoms with E-state index >= 15 is 0 Å². The fraction of sp³-hybridized carbons (Fsp3) is 0.500. The van der Waals surface area contributed by atoms with Gasteiger partial charge in [0.15, 0.2) is 0 Å². The zero-order chi connectivity index (χ0) is 10.8. The second kappa shape index (κ2) is 4.26. The van der Waals surface area contributed by atoms with Crippen LogP contribution in [0.15, 0.2) is 23.1 Å². The van der Waals surface area contributed by atoms with Gasteiger partial charge in [-0.3, -0.25) is 0 Å². The Hall–Kier alpha value is -0.630. The van der Waals surface area contributed by atoms with E-state index in [1.54, 1.807) is 18.9 Å². The van der Waals surface area contributed by atoms with Crippen LogP contribution in [0.3, 0.4) is 0 Å². The van der Waals surface area contributed by atoms with Crippen LogP contribution in [0.5, 0.6) is 5.75 Å². The first-order valence-corrected chi connectivity index (χ1v) is 5.94. The molecule has 0 aliphatic heterocycles. The topological polar surface area (TPSA) is 9.23 Å². The molecule has 1 aromatic rings. The third kappa shape index (κ3) is 2.44. The van der Waals surface area contributed by atoms with Crippen molar-refractivity contribution in [3.05, 3.63) is 23.8 Å². The van der Waals surface area contributed by atoms with Gasteiger partial charge >= 0.3 is 0 Å². The van der Waals surface area contributed by atoms with Crippen molar-refractivity contribution in [2.75, 3.05) is 13.4 Å². The van der Waals surface area contributed by atoms with Gasteiger partial charge in [-0.1, -0.05) is 20.8 Å². The molecule has 0 fully saturated rings. The number of hydrogen-bond acceptors (Lipinski definition) is 2. The molecule has 0 aliphatic rings. The standard InChI is InChI=1S/C12H18OS/c1-12(2,3)10-8-9(13-4)6-7-11(10)14-5/h6-8H,1-5H3. The van der Waals surface area contributed by atoms with Crippen molar-refractivity contribution in [2.45, 2.75) is 31.1 Å². The zero-order valence-electron chi connectivity index (χ0n) is 9.55. The maximum absolute atomic E-state index is 5.24. The van der Waals surface area contributed by atoms with E-state index in [0.717, 1.165) is 5.75 Å². The van der Waals surface area contributed by atoms with E-state index in [9.17, 15) is 0 Å². The largest absolute Gasteiger partial charge is 0.497 e. The van der Waals surface area contributed by atoms with Crippen LogP contribution >= 0.6 is 11.8 Å². The zero-order valence-corrected chi connectivity index (χ0v) is 10.4. The number of hydrogen-bond donors (Lipinski definition) is 0. The average Bonchev–Trinajstić information content (AvgIpc) is 2.15. The minimum absolute atomic E-state index is 0.173. The molecule has 2 heteroatoms. The van der Waals surface area contributed by atoms with Gasteiger partial charge in [0.25, 0.3) is 0 Å². The summed E-state index contributed by atoms with van der Waals surface area (Å²) < 4.78 is 5.24. The number of benzene rings is 1. The molecule has 78 valence electrons. The Morgan fingerprint density at radius 1 is 1.21 bits per heavy atom. The lowest BCUT2D eigenvalue weighted by molar-refractivity contribution is 0.412. The second-order valence-electron chi connectivity index (χ2n) is 4.32. The first kappa shape index (κ1) is 11.4. The molecule has 0 N–H and O–H groups in total. The van der Waals surface area contributed by atoms with Gasteiger partial charge in [-0.25, -0.2) is 0 Å². The van der Waals surface area contributed by atoms with Gasteiger partial charge < -0.3 is 4.74 Å². The Labute approximate surface area is 90.9 Å². The van der Waals surface area contributed by atoms with Crippen LogP contribution in [0, 0.1) is 0 Å². The molecular weight excluding hydrogens is 192 g/mol. The van der Waals surface area contributed by atoms with Crippen molar-refractivity contribution in [3.8, 4) is 5.75 Å². The van der Waals surface area contributed by atoms with E-state index in [-0.39, 0.29) is 5.41 Å². The lowest BCUT2D eigenvalue weighted by atomic mass is 9.87. The molecule has 0 bridgehead atoms. The van der Waals surface area contributed by atoms with Crippen molar-refractivity contribution < 1.29 is 4.74 Å². The maximum atomic E-state index is 5.24. The number of methoxy groups -OCH3 is 1. The molecule has 0 radical (unpaired) electrons. The predicted octanol–water partition coefficient (Wildman–Crippen LogP) is 3.71. The van der Waals surface area contributed by atoms with Crippen molar-refractivity contribution >= 4 is 11.8 Å². The molecule has 1 aromatic carbocycles. The van der Waals surface area contributed by atoms with Gasteiger partial charge in [0.05, 0.1) is 7.11 Å². The Morgan fingerprint density at radius 2 is 1.86 bits per heavy atom. The highest BCUT2D eigenvalue weighted by Gasteiger charge is 2.18. The van der Waals surface area contributed by atoms with Crippen molar-refractivity contribution in [3.63, 3.8) is 0 Å². The molecular formula is C12H18OS. The molecule has 1 rings (SSSR count). The predicted molar refractivity (Wildman–Crippen MR) is 63.5 cm³/mol. The molecule has 14 heavy (non-hydrogen) atoms. The monoisotopic (exact) mass is 210 g/mol. The Morgan fingerprint density at radius 3 is 2.29 bits per heavy atom. The van der Waals surface area contributed by atoms with Gasteiger partial charge in [-0.15, -0.1) is 11.8 Å². The molecule has 0 saturated carbocycles. The van der Waals surface area contributed by atoms with Gasteiger partial charge in [0, 0.05) is 4.90 Å².